The van der Waals surface area contributed by atoms with Crippen LogP contribution in [0, 0.1) is 6.92 Å². The van der Waals surface area contributed by atoms with E-state index >= 15 is 0 Å². The molecule has 0 aliphatic rings. The minimum atomic E-state index is -3.85. The number of sulfonamides is 1. The maximum Gasteiger partial charge on any atom is 0.266 e. The van der Waals surface area contributed by atoms with E-state index in [1.165, 1.54) is 13.2 Å². The smallest absolute Gasteiger partial charge is 0.266 e. The van der Waals surface area contributed by atoms with Gasteiger partial charge in [-0.1, -0.05) is 34.1 Å². The van der Waals surface area contributed by atoms with Crippen LogP contribution in [-0.2, 0) is 10.0 Å². The Kier molecular flexibility index (Phi) is 4.82. The van der Waals surface area contributed by atoms with Crippen LogP contribution in [-0.4, -0.2) is 25.3 Å². The molecule has 0 bridgehead atoms. The number of aromatic nitrogens is 2. The predicted octanol–water partition coefficient (Wildman–Crippen LogP) is 3.75. The lowest BCUT2D eigenvalue weighted by atomic mass is 10.3. The Bertz CT molecular complexity index is 1000. The van der Waals surface area contributed by atoms with Crippen LogP contribution in [0.25, 0.3) is 5.69 Å². The molecule has 0 saturated heterocycles. The molecule has 1 heterocycles. The summed E-state index contributed by atoms with van der Waals surface area (Å²) < 4.78 is 35.4. The van der Waals surface area contributed by atoms with E-state index in [0.717, 1.165) is 11.4 Å². The number of ether oxygens (including phenoxy) is 1. The predicted molar refractivity (Wildman–Crippen MR) is 99.8 cm³/mol. The summed E-state index contributed by atoms with van der Waals surface area (Å²) in [4.78, 5) is 0.0382. The van der Waals surface area contributed by atoms with E-state index in [0.29, 0.717) is 4.47 Å². The van der Waals surface area contributed by atoms with Crippen LogP contribution in [0.4, 0.5) is 5.82 Å². The number of rotatable bonds is 5. The van der Waals surface area contributed by atoms with Crippen LogP contribution in [0.2, 0.25) is 0 Å². The molecule has 2 aromatic carbocycles. The second-order valence-corrected chi connectivity index (χ2v) is 7.89. The molecule has 0 aliphatic heterocycles. The van der Waals surface area contributed by atoms with Crippen molar-refractivity contribution < 1.29 is 13.2 Å². The number of anilines is 1. The van der Waals surface area contributed by atoms with Gasteiger partial charge in [-0.15, -0.1) is 5.10 Å². The number of aryl methyl sites for hydroxylation is 1. The fourth-order valence-corrected chi connectivity index (χ4v) is 4.10. The molecule has 0 radical (unpaired) electrons. The molecule has 130 valence electrons. The lowest BCUT2D eigenvalue weighted by Gasteiger charge is -2.10. The van der Waals surface area contributed by atoms with Gasteiger partial charge in [0.2, 0.25) is 0 Å². The third-order valence-electron chi connectivity index (χ3n) is 3.54. The molecule has 0 saturated carbocycles. The van der Waals surface area contributed by atoms with Crippen LogP contribution < -0.4 is 9.46 Å². The Hall–Kier alpha value is -2.32. The van der Waals surface area contributed by atoms with Gasteiger partial charge in [0.15, 0.2) is 5.82 Å². The van der Waals surface area contributed by atoms with Gasteiger partial charge < -0.3 is 4.74 Å². The van der Waals surface area contributed by atoms with Crippen LogP contribution >= 0.6 is 15.9 Å². The largest absolute Gasteiger partial charge is 0.495 e. The zero-order valence-corrected chi connectivity index (χ0v) is 16.0. The van der Waals surface area contributed by atoms with Crippen molar-refractivity contribution in [1.29, 1.82) is 0 Å². The number of nitrogens with zero attached hydrogens (tertiary/aromatic N) is 2. The number of hydrogen-bond acceptors (Lipinski definition) is 4. The summed E-state index contributed by atoms with van der Waals surface area (Å²) in [6, 6.07) is 16.0. The molecule has 0 amide bonds. The molecule has 3 aromatic rings. The summed E-state index contributed by atoms with van der Waals surface area (Å²) in [6.07, 6.45) is 0. The Balaban J connectivity index is 1.96. The zero-order valence-electron chi connectivity index (χ0n) is 13.6. The highest BCUT2D eigenvalue weighted by atomic mass is 79.9. The van der Waals surface area contributed by atoms with Crippen molar-refractivity contribution >= 4 is 31.8 Å². The van der Waals surface area contributed by atoms with Crippen molar-refractivity contribution in [2.24, 2.45) is 0 Å². The minimum Gasteiger partial charge on any atom is -0.495 e. The van der Waals surface area contributed by atoms with Gasteiger partial charge in [-0.05, 0) is 37.3 Å². The first kappa shape index (κ1) is 17.5. The van der Waals surface area contributed by atoms with Gasteiger partial charge >= 0.3 is 0 Å². The van der Waals surface area contributed by atoms with Gasteiger partial charge in [0.05, 0.1) is 12.8 Å². The number of para-hydroxylation sites is 1. The van der Waals surface area contributed by atoms with Gasteiger partial charge in [-0.25, -0.2) is 13.1 Å². The van der Waals surface area contributed by atoms with E-state index in [1.54, 1.807) is 22.9 Å². The average molecular weight is 422 g/mol. The third kappa shape index (κ3) is 3.69. The number of halogens is 1. The molecule has 0 unspecified atom stereocenters. The molecular formula is C17H16BrN3O3S. The van der Waals surface area contributed by atoms with Gasteiger partial charge in [0.1, 0.15) is 10.6 Å². The van der Waals surface area contributed by atoms with Crippen LogP contribution in [0.1, 0.15) is 5.69 Å². The quantitative estimate of drug-likeness (QED) is 0.680. The van der Waals surface area contributed by atoms with Crippen molar-refractivity contribution in [3.05, 3.63) is 64.8 Å². The lowest BCUT2D eigenvalue weighted by Crippen LogP contribution is -2.14. The monoisotopic (exact) mass is 421 g/mol. The Morgan fingerprint density at radius 3 is 2.52 bits per heavy atom. The summed E-state index contributed by atoms with van der Waals surface area (Å²) in [7, 11) is -2.42. The third-order valence-corrected chi connectivity index (χ3v) is 5.41. The Morgan fingerprint density at radius 1 is 1.12 bits per heavy atom. The maximum atomic E-state index is 12.7. The van der Waals surface area contributed by atoms with Crippen molar-refractivity contribution in [2.75, 3.05) is 11.8 Å². The summed E-state index contributed by atoms with van der Waals surface area (Å²) in [5, 5.41) is 4.34. The molecule has 1 N–H and O–H groups in total. The zero-order chi connectivity index (χ0) is 18.0. The molecule has 6 nitrogen and oxygen atoms in total. The van der Waals surface area contributed by atoms with E-state index in [-0.39, 0.29) is 16.5 Å². The van der Waals surface area contributed by atoms with Crippen molar-refractivity contribution in [1.82, 2.24) is 9.78 Å². The number of nitrogens with one attached hydrogen (secondary N) is 1. The van der Waals surface area contributed by atoms with Crippen molar-refractivity contribution in [2.45, 2.75) is 11.8 Å². The molecule has 8 heteroatoms. The van der Waals surface area contributed by atoms with E-state index in [4.69, 9.17) is 4.74 Å². The van der Waals surface area contributed by atoms with E-state index in [9.17, 15) is 8.42 Å². The molecule has 0 spiro atoms. The van der Waals surface area contributed by atoms with Gasteiger partial charge in [0, 0.05) is 16.2 Å². The number of methoxy groups -OCH3 is 1. The Morgan fingerprint density at radius 2 is 1.84 bits per heavy atom. The highest BCUT2D eigenvalue weighted by Crippen LogP contribution is 2.29. The SMILES string of the molecule is COc1ccc(Br)cc1S(=O)(=O)Nc1cc(C)n(-c2ccccc2)n1. The van der Waals surface area contributed by atoms with Gasteiger partial charge in [-0.2, -0.15) is 0 Å². The minimum absolute atomic E-state index is 0.0382. The first-order valence-corrected chi connectivity index (χ1v) is 9.67. The van der Waals surface area contributed by atoms with Gasteiger partial charge in [-0.3, -0.25) is 4.72 Å². The van der Waals surface area contributed by atoms with E-state index in [1.807, 2.05) is 37.3 Å². The first-order chi connectivity index (χ1) is 11.9. The standard InChI is InChI=1S/C17H16BrN3O3S/c1-12-10-17(19-21(12)14-6-4-3-5-7-14)20-25(22,23)16-11-13(18)8-9-15(16)24-2/h3-11H,1-2H3,(H,19,20). The molecule has 25 heavy (non-hydrogen) atoms. The molecule has 0 fully saturated rings. The summed E-state index contributed by atoms with van der Waals surface area (Å²) in [5.41, 5.74) is 1.66. The van der Waals surface area contributed by atoms with Crippen LogP contribution in [0.5, 0.6) is 5.75 Å². The van der Waals surface area contributed by atoms with Crippen LogP contribution in [0.3, 0.4) is 0 Å². The fraction of sp³-hybridized carbons (Fsp3) is 0.118. The highest BCUT2D eigenvalue weighted by Gasteiger charge is 2.21. The van der Waals surface area contributed by atoms with Crippen molar-refractivity contribution in [3.63, 3.8) is 0 Å². The summed E-state index contributed by atoms with van der Waals surface area (Å²) in [5.74, 6) is 0.498. The normalized spacial score (nSPS) is 11.3. The second-order valence-electron chi connectivity index (χ2n) is 5.32. The summed E-state index contributed by atoms with van der Waals surface area (Å²) in [6.45, 7) is 1.86. The number of hydrogen-bond donors (Lipinski definition) is 1. The van der Waals surface area contributed by atoms with E-state index in [2.05, 4.69) is 25.8 Å². The number of benzene rings is 2. The topological polar surface area (TPSA) is 73.2 Å². The molecular weight excluding hydrogens is 406 g/mol. The molecule has 0 aliphatic carbocycles. The fourth-order valence-electron chi connectivity index (χ4n) is 2.41. The van der Waals surface area contributed by atoms with Gasteiger partial charge in [0.25, 0.3) is 10.0 Å². The Labute approximate surface area is 154 Å². The van der Waals surface area contributed by atoms with Crippen LogP contribution in [0.15, 0.2) is 64.0 Å². The average Bonchev–Trinajstić information content (AvgIpc) is 2.95. The van der Waals surface area contributed by atoms with Crippen molar-refractivity contribution in [3.8, 4) is 11.4 Å². The first-order valence-electron chi connectivity index (χ1n) is 7.39. The molecule has 0 atom stereocenters. The summed E-state index contributed by atoms with van der Waals surface area (Å²) >= 11 is 3.28. The maximum absolute atomic E-state index is 12.7. The lowest BCUT2D eigenvalue weighted by molar-refractivity contribution is 0.403. The molecule has 3 rings (SSSR count). The second kappa shape index (κ2) is 6.89. The molecule has 1 aromatic heterocycles. The highest BCUT2D eigenvalue weighted by molar-refractivity contribution is 9.10. The van der Waals surface area contributed by atoms with E-state index < -0.39 is 10.0 Å².